The van der Waals surface area contributed by atoms with Crippen LogP contribution in [0.15, 0.2) is 82.5 Å². The van der Waals surface area contributed by atoms with E-state index in [1.807, 2.05) is 24.3 Å². The van der Waals surface area contributed by atoms with Crippen LogP contribution < -0.4 is 10.2 Å². The maximum absolute atomic E-state index is 12.5. The number of hydrogen-bond donors (Lipinski definition) is 1. The molecule has 1 N–H and O–H groups in total. The van der Waals surface area contributed by atoms with Gasteiger partial charge in [0.05, 0.1) is 18.0 Å². The normalized spacial score (nSPS) is 14.0. The maximum atomic E-state index is 12.5. The number of amides is 1. The van der Waals surface area contributed by atoms with Gasteiger partial charge in [0.15, 0.2) is 10.9 Å². The molecule has 196 valence electrons. The Balaban J connectivity index is 1.15. The minimum atomic E-state index is -0.259. The summed E-state index contributed by atoms with van der Waals surface area (Å²) < 4.78 is 5.79. The number of nitrogens with one attached hydrogen (secondary N) is 1. The summed E-state index contributed by atoms with van der Waals surface area (Å²) in [5, 5.41) is 3.57. The Morgan fingerprint density at radius 3 is 2.55 bits per heavy atom. The number of rotatable bonds is 10. The molecule has 1 aliphatic rings. The number of anilines is 1. The monoisotopic (exact) mass is 528 g/mol. The lowest BCUT2D eigenvalue weighted by molar-refractivity contribution is 0.0921. The van der Waals surface area contributed by atoms with Crippen molar-refractivity contribution in [1.82, 2.24) is 25.2 Å². The Hall–Kier alpha value is -3.69. The number of nitrogens with zero attached hydrogens (tertiary/aromatic N) is 5. The molecule has 0 unspecified atom stereocenters. The molecule has 0 radical (unpaired) electrons. The number of thioether (sulfide) groups is 1. The summed E-state index contributed by atoms with van der Waals surface area (Å²) in [4.78, 5) is 31.1. The van der Waals surface area contributed by atoms with Crippen molar-refractivity contribution in [3.63, 3.8) is 0 Å². The van der Waals surface area contributed by atoms with E-state index in [1.165, 1.54) is 17.3 Å². The average molecular weight is 529 g/mol. The van der Waals surface area contributed by atoms with Crippen LogP contribution in [0.4, 0.5) is 5.82 Å². The quantitative estimate of drug-likeness (QED) is 0.237. The lowest BCUT2D eigenvalue weighted by Gasteiger charge is -2.35. The molecule has 9 heteroatoms. The van der Waals surface area contributed by atoms with Gasteiger partial charge in [0, 0.05) is 50.7 Å². The lowest BCUT2D eigenvalue weighted by atomic mass is 10.2. The fraction of sp³-hybridized carbons (Fsp3) is 0.310. The molecule has 4 heterocycles. The molecule has 5 rings (SSSR count). The van der Waals surface area contributed by atoms with Crippen molar-refractivity contribution in [2.45, 2.75) is 37.3 Å². The van der Waals surface area contributed by atoms with Crippen LogP contribution in [0.1, 0.15) is 40.2 Å². The first kappa shape index (κ1) is 25.9. The van der Waals surface area contributed by atoms with Crippen LogP contribution in [-0.4, -0.2) is 51.9 Å². The number of aromatic nitrogens is 3. The first-order valence-electron chi connectivity index (χ1n) is 12.9. The van der Waals surface area contributed by atoms with Crippen LogP contribution in [0.25, 0.3) is 0 Å². The molecule has 0 atom stereocenters. The first-order valence-corrected chi connectivity index (χ1v) is 13.9. The number of piperazine rings is 1. The second-order valence-electron chi connectivity index (χ2n) is 9.16. The smallest absolute Gasteiger partial charge is 0.287 e. The van der Waals surface area contributed by atoms with Crippen molar-refractivity contribution in [3.05, 3.63) is 101 Å². The number of aryl methyl sites for hydroxylation is 1. The van der Waals surface area contributed by atoms with Crippen LogP contribution in [0.2, 0.25) is 0 Å². The van der Waals surface area contributed by atoms with E-state index in [9.17, 15) is 4.79 Å². The molecular formula is C29H32N6O2S. The standard InChI is InChI=1S/C29H32N6O2S/c1-2-23-18-27(35-16-14-34(15-17-35)20-22-8-4-3-5-9-22)33-29(32-23)38-21-25-11-12-26(37-25)28(36)31-19-24-10-6-7-13-30-24/h3-13,18H,2,14-17,19-21H2,1H3,(H,31,36). The molecule has 0 aliphatic carbocycles. The van der Waals surface area contributed by atoms with E-state index in [2.05, 4.69) is 63.4 Å². The van der Waals surface area contributed by atoms with E-state index in [-0.39, 0.29) is 11.7 Å². The molecule has 1 fully saturated rings. The second kappa shape index (κ2) is 12.7. The summed E-state index contributed by atoms with van der Waals surface area (Å²) >= 11 is 1.52. The zero-order chi connectivity index (χ0) is 26.2. The van der Waals surface area contributed by atoms with Crippen LogP contribution in [0, 0.1) is 0 Å². The van der Waals surface area contributed by atoms with Gasteiger partial charge in [0.2, 0.25) is 0 Å². The lowest BCUT2D eigenvalue weighted by Crippen LogP contribution is -2.46. The highest BCUT2D eigenvalue weighted by Crippen LogP contribution is 2.25. The highest BCUT2D eigenvalue weighted by Gasteiger charge is 2.20. The number of carbonyl (C=O) groups is 1. The number of hydrogen-bond acceptors (Lipinski definition) is 8. The summed E-state index contributed by atoms with van der Waals surface area (Å²) in [7, 11) is 0. The number of furan rings is 1. The Bertz CT molecular complexity index is 1320. The molecule has 8 nitrogen and oxygen atoms in total. The summed E-state index contributed by atoms with van der Waals surface area (Å²) in [5.41, 5.74) is 3.17. The molecule has 1 amide bonds. The topological polar surface area (TPSA) is 87.4 Å². The van der Waals surface area contributed by atoms with Crippen molar-refractivity contribution in [2.24, 2.45) is 0 Å². The third-order valence-electron chi connectivity index (χ3n) is 6.44. The van der Waals surface area contributed by atoms with Crippen molar-refractivity contribution < 1.29 is 9.21 Å². The first-order chi connectivity index (χ1) is 18.7. The van der Waals surface area contributed by atoms with Crippen LogP contribution in [0.3, 0.4) is 0 Å². The number of carbonyl (C=O) groups excluding carboxylic acids is 1. The Morgan fingerprint density at radius 1 is 0.974 bits per heavy atom. The van der Waals surface area contributed by atoms with Gasteiger partial charge in [0.25, 0.3) is 5.91 Å². The van der Waals surface area contributed by atoms with Gasteiger partial charge in [0.1, 0.15) is 11.6 Å². The predicted molar refractivity (Wildman–Crippen MR) is 149 cm³/mol. The van der Waals surface area contributed by atoms with Gasteiger partial charge in [-0.3, -0.25) is 14.7 Å². The molecule has 0 saturated carbocycles. The SMILES string of the molecule is CCc1cc(N2CCN(Cc3ccccc3)CC2)nc(SCc2ccc(C(=O)NCc3ccccn3)o2)n1. The third-order valence-corrected chi connectivity index (χ3v) is 7.31. The van der Waals surface area contributed by atoms with E-state index < -0.39 is 0 Å². The molecule has 3 aromatic heterocycles. The third kappa shape index (κ3) is 6.99. The van der Waals surface area contributed by atoms with Gasteiger partial charge in [-0.15, -0.1) is 0 Å². The molecule has 1 saturated heterocycles. The minimum Gasteiger partial charge on any atom is -0.455 e. The van der Waals surface area contributed by atoms with Crippen LogP contribution >= 0.6 is 11.8 Å². The highest BCUT2D eigenvalue weighted by atomic mass is 32.2. The van der Waals surface area contributed by atoms with Crippen molar-refractivity contribution >= 4 is 23.5 Å². The number of benzene rings is 1. The van der Waals surface area contributed by atoms with E-state index in [1.54, 1.807) is 12.3 Å². The maximum Gasteiger partial charge on any atom is 0.287 e. The van der Waals surface area contributed by atoms with Gasteiger partial charge < -0.3 is 14.6 Å². The van der Waals surface area contributed by atoms with Crippen molar-refractivity contribution in [3.8, 4) is 0 Å². The molecule has 1 aromatic carbocycles. The summed E-state index contributed by atoms with van der Waals surface area (Å²) in [6.45, 7) is 7.32. The van der Waals surface area contributed by atoms with Gasteiger partial charge >= 0.3 is 0 Å². The summed E-state index contributed by atoms with van der Waals surface area (Å²) in [6, 6.07) is 21.9. The van der Waals surface area contributed by atoms with Crippen LogP contribution in [-0.2, 0) is 25.3 Å². The van der Waals surface area contributed by atoms with Gasteiger partial charge in [-0.1, -0.05) is 55.1 Å². The average Bonchev–Trinajstić information content (AvgIpc) is 3.45. The van der Waals surface area contributed by atoms with Crippen molar-refractivity contribution in [1.29, 1.82) is 0 Å². The molecule has 4 aromatic rings. The fourth-order valence-corrected chi connectivity index (χ4v) is 5.08. The molecule has 0 bridgehead atoms. The van der Waals surface area contributed by atoms with E-state index in [4.69, 9.17) is 14.4 Å². The predicted octanol–water partition coefficient (Wildman–Crippen LogP) is 4.57. The Morgan fingerprint density at radius 2 is 1.79 bits per heavy atom. The highest BCUT2D eigenvalue weighted by molar-refractivity contribution is 7.98. The summed E-state index contributed by atoms with van der Waals surface area (Å²) in [5.74, 6) is 2.26. The largest absolute Gasteiger partial charge is 0.455 e. The van der Waals surface area contributed by atoms with Crippen LogP contribution in [0.5, 0.6) is 0 Å². The summed E-state index contributed by atoms with van der Waals surface area (Å²) in [6.07, 6.45) is 2.55. The Labute approximate surface area is 227 Å². The van der Waals surface area contributed by atoms with E-state index >= 15 is 0 Å². The second-order valence-corrected chi connectivity index (χ2v) is 10.1. The van der Waals surface area contributed by atoms with E-state index in [0.717, 1.165) is 61.5 Å². The Kier molecular flexibility index (Phi) is 8.67. The number of pyridine rings is 1. The van der Waals surface area contributed by atoms with E-state index in [0.29, 0.717) is 18.1 Å². The van der Waals surface area contributed by atoms with Gasteiger partial charge in [-0.05, 0) is 36.2 Å². The molecule has 1 aliphatic heterocycles. The zero-order valence-corrected chi connectivity index (χ0v) is 22.4. The van der Waals surface area contributed by atoms with Crippen molar-refractivity contribution in [2.75, 3.05) is 31.1 Å². The minimum absolute atomic E-state index is 0.259. The fourth-order valence-electron chi connectivity index (χ4n) is 4.32. The molecular weight excluding hydrogens is 496 g/mol. The van der Waals surface area contributed by atoms with Gasteiger partial charge in [-0.2, -0.15) is 0 Å². The van der Waals surface area contributed by atoms with Gasteiger partial charge in [-0.25, -0.2) is 9.97 Å². The zero-order valence-electron chi connectivity index (χ0n) is 21.5. The molecule has 38 heavy (non-hydrogen) atoms. The molecule has 0 spiro atoms.